The Labute approximate surface area is 205 Å². The first-order valence-electron chi connectivity index (χ1n) is 12.1. The van der Waals surface area contributed by atoms with Gasteiger partial charge in [0.2, 0.25) is 0 Å². The predicted molar refractivity (Wildman–Crippen MR) is 135 cm³/mol. The summed E-state index contributed by atoms with van der Waals surface area (Å²) in [6.45, 7) is 3.76. The molecule has 35 heavy (non-hydrogen) atoms. The average molecular weight is 476 g/mol. The number of phenols is 2. The summed E-state index contributed by atoms with van der Waals surface area (Å²) in [5.74, 6) is 1.72. The molecule has 2 atom stereocenters. The monoisotopic (exact) mass is 475 g/mol. The highest BCUT2D eigenvalue weighted by Crippen LogP contribution is 2.47. The third kappa shape index (κ3) is 4.84. The van der Waals surface area contributed by atoms with Gasteiger partial charge in [-0.1, -0.05) is 24.3 Å². The molecule has 6 heteroatoms. The number of fused-ring (bicyclic) bond motifs is 1. The number of hydrogen-bond donors (Lipinski definition) is 2. The third-order valence-corrected chi connectivity index (χ3v) is 6.90. The summed E-state index contributed by atoms with van der Waals surface area (Å²) >= 11 is 0. The Kier molecular flexibility index (Phi) is 6.64. The summed E-state index contributed by atoms with van der Waals surface area (Å²) in [6, 6.07) is 19.7. The first kappa shape index (κ1) is 23.2. The first-order chi connectivity index (χ1) is 17.0. The van der Waals surface area contributed by atoms with Crippen molar-refractivity contribution >= 4 is 11.1 Å². The lowest BCUT2D eigenvalue weighted by atomic mass is 9.86. The van der Waals surface area contributed by atoms with Crippen molar-refractivity contribution in [2.75, 3.05) is 26.4 Å². The van der Waals surface area contributed by atoms with Crippen molar-refractivity contribution in [1.29, 1.82) is 0 Å². The number of phenolic OH excluding ortho intramolecular Hbond substituents is 2. The minimum absolute atomic E-state index is 0.169. The van der Waals surface area contributed by atoms with Crippen LogP contribution in [0.25, 0.3) is 11.1 Å². The predicted octanol–water partition coefficient (Wildman–Crippen LogP) is 5.97. The zero-order valence-electron chi connectivity index (χ0n) is 19.8. The quantitative estimate of drug-likeness (QED) is 0.441. The summed E-state index contributed by atoms with van der Waals surface area (Å²) in [6.07, 6.45) is 1.82. The molecule has 0 saturated carbocycles. The summed E-state index contributed by atoms with van der Waals surface area (Å²) in [4.78, 5) is 2.16. The van der Waals surface area contributed by atoms with Gasteiger partial charge < -0.3 is 19.7 Å². The minimum Gasteiger partial charge on any atom is -0.508 e. The van der Waals surface area contributed by atoms with Crippen LogP contribution < -0.4 is 9.47 Å². The van der Waals surface area contributed by atoms with Gasteiger partial charge in [-0.05, 0) is 92.0 Å². The molecule has 1 fully saturated rings. The summed E-state index contributed by atoms with van der Waals surface area (Å²) < 4.78 is 25.9. The Hall–Kier alpha value is -3.51. The Morgan fingerprint density at radius 3 is 2.46 bits per heavy atom. The number of ether oxygens (including phenoxy) is 2. The van der Waals surface area contributed by atoms with E-state index in [1.165, 1.54) is 0 Å². The number of benzene rings is 3. The van der Waals surface area contributed by atoms with Crippen molar-refractivity contribution < 1.29 is 24.1 Å². The topological polar surface area (TPSA) is 62.2 Å². The van der Waals surface area contributed by atoms with Crippen LogP contribution in [-0.4, -0.2) is 47.5 Å². The van der Waals surface area contributed by atoms with Crippen LogP contribution in [0.2, 0.25) is 0 Å². The Balaban J connectivity index is 1.42. The van der Waals surface area contributed by atoms with Gasteiger partial charge in [-0.3, -0.25) is 4.90 Å². The normalized spacial score (nSPS) is 18.7. The average Bonchev–Trinajstić information content (AvgIpc) is 3.40. The van der Waals surface area contributed by atoms with Crippen LogP contribution >= 0.6 is 0 Å². The molecule has 3 aromatic carbocycles. The highest BCUT2D eigenvalue weighted by Gasteiger charge is 2.30. The minimum atomic E-state index is -0.416. The van der Waals surface area contributed by atoms with Gasteiger partial charge >= 0.3 is 0 Å². The zero-order chi connectivity index (χ0) is 24.4. The third-order valence-electron chi connectivity index (χ3n) is 6.90. The van der Waals surface area contributed by atoms with Gasteiger partial charge in [0.1, 0.15) is 42.4 Å². The van der Waals surface area contributed by atoms with E-state index in [1.54, 1.807) is 36.4 Å². The van der Waals surface area contributed by atoms with Crippen LogP contribution in [0.1, 0.15) is 42.6 Å². The molecular formula is C29H30FNO4. The van der Waals surface area contributed by atoms with Gasteiger partial charge in [0, 0.05) is 11.1 Å². The van der Waals surface area contributed by atoms with Crippen LogP contribution in [0.15, 0.2) is 66.7 Å². The van der Waals surface area contributed by atoms with Crippen molar-refractivity contribution in [1.82, 2.24) is 4.90 Å². The SMILES string of the molecule is CC1=C(c2cccc(O)c2)C(c2ccc(OC[C@H](CF)N3CCCC3)cc2)Oc2ccc(O)cc21. The molecule has 5 rings (SSSR count). The van der Waals surface area contributed by atoms with E-state index in [1.807, 2.05) is 37.3 Å². The van der Waals surface area contributed by atoms with Crippen LogP contribution in [0.4, 0.5) is 4.39 Å². The Bertz CT molecular complexity index is 1220. The van der Waals surface area contributed by atoms with E-state index in [2.05, 4.69) is 4.90 Å². The lowest BCUT2D eigenvalue weighted by Gasteiger charge is -2.31. The molecule has 0 amide bonds. The molecule has 2 heterocycles. The fraction of sp³-hybridized carbons (Fsp3) is 0.310. The number of alkyl halides is 1. The number of aromatic hydroxyl groups is 2. The molecule has 0 aliphatic carbocycles. The van der Waals surface area contributed by atoms with Crippen LogP contribution in [0, 0.1) is 0 Å². The zero-order valence-corrected chi connectivity index (χ0v) is 19.8. The maximum absolute atomic E-state index is 13.6. The number of rotatable bonds is 7. The van der Waals surface area contributed by atoms with Gasteiger partial charge in [-0.15, -0.1) is 0 Å². The second-order valence-corrected chi connectivity index (χ2v) is 9.20. The number of nitrogens with zero attached hydrogens (tertiary/aromatic N) is 1. The molecule has 0 radical (unpaired) electrons. The molecular weight excluding hydrogens is 445 g/mol. The molecule has 182 valence electrons. The Morgan fingerprint density at radius 2 is 1.74 bits per heavy atom. The van der Waals surface area contributed by atoms with Gasteiger partial charge in [0.25, 0.3) is 0 Å². The van der Waals surface area contributed by atoms with E-state index in [0.29, 0.717) is 18.1 Å². The van der Waals surface area contributed by atoms with E-state index in [9.17, 15) is 14.6 Å². The Morgan fingerprint density at radius 1 is 1.00 bits per heavy atom. The fourth-order valence-electron chi connectivity index (χ4n) is 5.00. The summed E-state index contributed by atoms with van der Waals surface area (Å²) in [5.41, 5.74) is 4.47. The van der Waals surface area contributed by atoms with Crippen LogP contribution in [0.3, 0.4) is 0 Å². The number of allylic oxidation sites excluding steroid dienone is 1. The molecule has 0 bridgehead atoms. The van der Waals surface area contributed by atoms with E-state index in [-0.39, 0.29) is 17.5 Å². The molecule has 2 N–H and O–H groups in total. The van der Waals surface area contributed by atoms with Crippen molar-refractivity contribution in [3.05, 3.63) is 83.4 Å². The number of likely N-dealkylation sites (tertiary alicyclic amines) is 1. The summed E-state index contributed by atoms with van der Waals surface area (Å²) in [7, 11) is 0. The van der Waals surface area contributed by atoms with Gasteiger partial charge in [0.15, 0.2) is 0 Å². The van der Waals surface area contributed by atoms with Gasteiger partial charge in [0.05, 0.1) is 6.04 Å². The maximum atomic E-state index is 13.6. The highest BCUT2D eigenvalue weighted by molar-refractivity contribution is 5.95. The lowest BCUT2D eigenvalue weighted by molar-refractivity contribution is 0.135. The molecule has 5 nitrogen and oxygen atoms in total. The molecule has 1 saturated heterocycles. The summed E-state index contributed by atoms with van der Waals surface area (Å²) in [5, 5.41) is 20.2. The molecule has 1 unspecified atom stereocenters. The largest absolute Gasteiger partial charge is 0.508 e. The van der Waals surface area contributed by atoms with Crippen molar-refractivity contribution in [2.24, 2.45) is 0 Å². The van der Waals surface area contributed by atoms with E-state index >= 15 is 0 Å². The van der Waals surface area contributed by atoms with Crippen LogP contribution in [0.5, 0.6) is 23.0 Å². The second kappa shape index (κ2) is 10.0. The van der Waals surface area contributed by atoms with E-state index < -0.39 is 12.8 Å². The molecule has 2 aliphatic heterocycles. The highest BCUT2D eigenvalue weighted by atomic mass is 19.1. The molecule has 0 aromatic heterocycles. The van der Waals surface area contributed by atoms with Crippen LogP contribution in [-0.2, 0) is 0 Å². The smallest absolute Gasteiger partial charge is 0.150 e. The fourth-order valence-corrected chi connectivity index (χ4v) is 5.00. The number of halogens is 1. The first-order valence-corrected chi connectivity index (χ1v) is 12.1. The van der Waals surface area contributed by atoms with Gasteiger partial charge in [-0.2, -0.15) is 0 Å². The van der Waals surface area contributed by atoms with Crippen molar-refractivity contribution in [2.45, 2.75) is 31.9 Å². The van der Waals surface area contributed by atoms with E-state index in [4.69, 9.17) is 9.47 Å². The second-order valence-electron chi connectivity index (χ2n) is 9.20. The lowest BCUT2D eigenvalue weighted by Crippen LogP contribution is -2.39. The standard InChI is InChI=1S/C29H30FNO4/c1-19-26-16-24(33)9-12-27(26)35-29(28(19)21-5-4-6-23(32)15-21)20-7-10-25(11-8-20)34-18-22(17-30)31-13-2-3-14-31/h4-12,15-16,22,29,32-33H,2-3,13-14,17-18H2,1H3/t22-,29?/m0/s1. The molecule has 0 spiro atoms. The van der Waals surface area contributed by atoms with Crippen molar-refractivity contribution in [3.8, 4) is 23.0 Å². The van der Waals surface area contributed by atoms with Crippen molar-refractivity contribution in [3.63, 3.8) is 0 Å². The molecule has 2 aliphatic rings. The number of hydrogen-bond acceptors (Lipinski definition) is 5. The molecule has 3 aromatic rings. The van der Waals surface area contributed by atoms with Gasteiger partial charge in [-0.25, -0.2) is 4.39 Å². The maximum Gasteiger partial charge on any atom is 0.150 e. The van der Waals surface area contributed by atoms with E-state index in [0.717, 1.165) is 53.8 Å².